The maximum Gasteiger partial charge on any atom is 0.325 e. The van der Waals surface area contributed by atoms with Gasteiger partial charge in [-0.2, -0.15) is 0 Å². The van der Waals surface area contributed by atoms with Crippen LogP contribution in [0.1, 0.15) is 45.2 Å². The fourth-order valence-electron chi connectivity index (χ4n) is 2.99. The van der Waals surface area contributed by atoms with Crippen molar-refractivity contribution in [1.82, 2.24) is 4.90 Å². The lowest BCUT2D eigenvalue weighted by molar-refractivity contribution is -0.144. The largest absolute Gasteiger partial charge is 0.480 e. The summed E-state index contributed by atoms with van der Waals surface area (Å²) < 4.78 is 6.50. The van der Waals surface area contributed by atoms with Gasteiger partial charge in [0.2, 0.25) is 0 Å². The third-order valence-electron chi connectivity index (χ3n) is 5.46. The number of piperidine rings is 1. The van der Waals surface area contributed by atoms with E-state index in [1.807, 2.05) is 30.3 Å². The number of hydrogen-bond donors (Lipinski definition) is 1. The van der Waals surface area contributed by atoms with E-state index in [1.54, 1.807) is 0 Å². The molecule has 0 spiro atoms. The highest BCUT2D eigenvalue weighted by Crippen LogP contribution is 2.38. The van der Waals surface area contributed by atoms with Crippen LogP contribution in [0.25, 0.3) is 0 Å². The number of carbonyl (C=O) groups is 1. The lowest BCUT2D eigenvalue weighted by Gasteiger charge is -2.42. The summed E-state index contributed by atoms with van der Waals surface area (Å²) in [6, 6.07) is 8.97. The zero-order valence-electron chi connectivity index (χ0n) is 15.6. The standard InChI is InChI=1S/C19H31NO3Si/c1-19(2,3)24(4,5)23-16-11-13-20(14-12-16)17(18(21)22)15-9-7-6-8-10-15/h6-10,16-17H,11-14H2,1-5H3,(H,21,22). The molecule has 1 aliphatic heterocycles. The molecule has 4 nitrogen and oxygen atoms in total. The van der Waals surface area contributed by atoms with Crippen LogP contribution < -0.4 is 0 Å². The molecular weight excluding hydrogens is 318 g/mol. The Morgan fingerprint density at radius 3 is 2.21 bits per heavy atom. The summed E-state index contributed by atoms with van der Waals surface area (Å²) in [6.07, 6.45) is 2.07. The number of carboxylic acids is 1. The van der Waals surface area contributed by atoms with Crippen molar-refractivity contribution >= 4 is 14.3 Å². The average molecular weight is 350 g/mol. The Kier molecular flexibility index (Phi) is 5.89. The minimum atomic E-state index is -1.76. The predicted molar refractivity (Wildman–Crippen MR) is 99.7 cm³/mol. The van der Waals surface area contributed by atoms with Gasteiger partial charge in [-0.15, -0.1) is 0 Å². The minimum Gasteiger partial charge on any atom is -0.480 e. The zero-order chi connectivity index (χ0) is 18.0. The van der Waals surface area contributed by atoms with Crippen LogP contribution in [0.5, 0.6) is 0 Å². The summed E-state index contributed by atoms with van der Waals surface area (Å²) in [7, 11) is -1.76. The highest BCUT2D eigenvalue weighted by molar-refractivity contribution is 6.74. The van der Waals surface area contributed by atoms with Gasteiger partial charge in [-0.25, -0.2) is 0 Å². The predicted octanol–water partition coefficient (Wildman–Crippen LogP) is 4.30. The number of carboxylic acid groups (broad SMARTS) is 1. The van der Waals surface area contributed by atoms with Gasteiger partial charge in [0.15, 0.2) is 8.32 Å². The van der Waals surface area contributed by atoms with Crippen LogP contribution in [0.4, 0.5) is 0 Å². The minimum absolute atomic E-state index is 0.206. The Balaban J connectivity index is 2.00. The molecule has 1 fully saturated rings. The molecule has 1 heterocycles. The molecule has 0 aromatic heterocycles. The Hall–Kier alpha value is -1.17. The van der Waals surface area contributed by atoms with E-state index >= 15 is 0 Å². The number of rotatable bonds is 5. The van der Waals surface area contributed by atoms with Crippen LogP contribution in [0.3, 0.4) is 0 Å². The molecule has 1 saturated heterocycles. The average Bonchev–Trinajstić information content (AvgIpc) is 2.48. The lowest BCUT2D eigenvalue weighted by Crippen LogP contribution is -2.48. The fourth-order valence-corrected chi connectivity index (χ4v) is 4.41. The van der Waals surface area contributed by atoms with E-state index in [0.717, 1.165) is 31.5 Å². The van der Waals surface area contributed by atoms with Crippen molar-refractivity contribution in [2.45, 2.75) is 63.9 Å². The van der Waals surface area contributed by atoms with Crippen molar-refractivity contribution < 1.29 is 14.3 Å². The smallest absolute Gasteiger partial charge is 0.325 e. The second kappa shape index (κ2) is 7.38. The Labute approximate surface area is 147 Å². The van der Waals surface area contributed by atoms with Gasteiger partial charge in [-0.3, -0.25) is 9.69 Å². The van der Waals surface area contributed by atoms with Crippen LogP contribution in [0.15, 0.2) is 30.3 Å². The van der Waals surface area contributed by atoms with E-state index in [1.165, 1.54) is 0 Å². The molecule has 0 radical (unpaired) electrons. The highest BCUT2D eigenvalue weighted by atomic mass is 28.4. The van der Waals surface area contributed by atoms with Gasteiger partial charge in [0.25, 0.3) is 0 Å². The Morgan fingerprint density at radius 2 is 1.75 bits per heavy atom. The molecular formula is C19H31NO3Si. The van der Waals surface area contributed by atoms with Crippen molar-refractivity contribution in [3.63, 3.8) is 0 Å². The Bertz CT molecular complexity index is 545. The quantitative estimate of drug-likeness (QED) is 0.805. The van der Waals surface area contributed by atoms with Gasteiger partial charge < -0.3 is 9.53 Å². The third kappa shape index (κ3) is 4.46. The van der Waals surface area contributed by atoms with Crippen LogP contribution in [-0.4, -0.2) is 43.5 Å². The third-order valence-corrected chi connectivity index (χ3v) is 9.99. The van der Waals surface area contributed by atoms with Gasteiger partial charge in [0.05, 0.1) is 0 Å². The molecule has 0 saturated carbocycles. The molecule has 1 N–H and O–H groups in total. The fraction of sp³-hybridized carbons (Fsp3) is 0.632. The van der Waals surface area contributed by atoms with E-state index in [2.05, 4.69) is 38.8 Å². The molecule has 0 bridgehead atoms. The zero-order valence-corrected chi connectivity index (χ0v) is 16.6. The number of nitrogens with zero attached hydrogens (tertiary/aromatic N) is 1. The van der Waals surface area contributed by atoms with E-state index in [4.69, 9.17) is 4.43 Å². The summed E-state index contributed by atoms with van der Waals surface area (Å²) in [4.78, 5) is 13.8. The van der Waals surface area contributed by atoms with Gasteiger partial charge in [0.1, 0.15) is 6.04 Å². The summed E-state index contributed by atoms with van der Waals surface area (Å²) in [5.74, 6) is -0.773. The topological polar surface area (TPSA) is 49.8 Å². The SMILES string of the molecule is CC(C)(C)[Si](C)(C)OC1CCN(C(C(=O)O)c2ccccc2)CC1. The van der Waals surface area contributed by atoms with E-state index in [-0.39, 0.29) is 11.1 Å². The van der Waals surface area contributed by atoms with E-state index < -0.39 is 20.3 Å². The molecule has 5 heteroatoms. The number of benzene rings is 1. The molecule has 1 aliphatic rings. The number of aliphatic carboxylic acids is 1. The van der Waals surface area contributed by atoms with E-state index in [9.17, 15) is 9.90 Å². The molecule has 1 aromatic rings. The van der Waals surface area contributed by atoms with Crippen molar-refractivity contribution in [3.8, 4) is 0 Å². The number of likely N-dealkylation sites (tertiary alicyclic amines) is 1. The first kappa shape index (κ1) is 19.2. The van der Waals surface area contributed by atoms with Crippen molar-refractivity contribution in [2.24, 2.45) is 0 Å². The maximum absolute atomic E-state index is 11.8. The molecule has 0 aliphatic carbocycles. The first-order chi connectivity index (χ1) is 11.1. The van der Waals surface area contributed by atoms with Crippen molar-refractivity contribution in [1.29, 1.82) is 0 Å². The summed E-state index contributed by atoms with van der Waals surface area (Å²) in [5, 5.41) is 9.88. The molecule has 1 aromatic carbocycles. The van der Waals surface area contributed by atoms with Gasteiger partial charge in [-0.05, 0) is 36.5 Å². The van der Waals surface area contributed by atoms with Crippen LogP contribution >= 0.6 is 0 Å². The number of hydrogen-bond acceptors (Lipinski definition) is 3. The van der Waals surface area contributed by atoms with Crippen molar-refractivity contribution in [3.05, 3.63) is 35.9 Å². The van der Waals surface area contributed by atoms with Gasteiger partial charge >= 0.3 is 5.97 Å². The first-order valence-electron chi connectivity index (χ1n) is 8.81. The molecule has 1 atom stereocenters. The second-order valence-electron chi connectivity index (χ2n) is 8.26. The van der Waals surface area contributed by atoms with Gasteiger partial charge in [-0.1, -0.05) is 51.1 Å². The van der Waals surface area contributed by atoms with Crippen LogP contribution in [-0.2, 0) is 9.22 Å². The summed E-state index contributed by atoms with van der Waals surface area (Å²) >= 11 is 0. The van der Waals surface area contributed by atoms with Crippen LogP contribution in [0, 0.1) is 0 Å². The molecule has 134 valence electrons. The van der Waals surface area contributed by atoms with Crippen LogP contribution in [0.2, 0.25) is 18.1 Å². The summed E-state index contributed by atoms with van der Waals surface area (Å²) in [5.41, 5.74) is 0.855. The summed E-state index contributed by atoms with van der Waals surface area (Å²) in [6.45, 7) is 12.9. The van der Waals surface area contributed by atoms with Crippen molar-refractivity contribution in [2.75, 3.05) is 13.1 Å². The van der Waals surface area contributed by atoms with Gasteiger partial charge in [0, 0.05) is 19.2 Å². The molecule has 0 amide bonds. The molecule has 24 heavy (non-hydrogen) atoms. The highest BCUT2D eigenvalue weighted by Gasteiger charge is 2.40. The monoisotopic (exact) mass is 349 g/mol. The lowest BCUT2D eigenvalue weighted by atomic mass is 10.0. The first-order valence-corrected chi connectivity index (χ1v) is 11.7. The molecule has 2 rings (SSSR count). The molecule has 1 unspecified atom stereocenters. The maximum atomic E-state index is 11.8. The Morgan fingerprint density at radius 1 is 1.21 bits per heavy atom. The second-order valence-corrected chi connectivity index (χ2v) is 13.0. The normalized spacial score (nSPS) is 19.2. The van der Waals surface area contributed by atoms with E-state index in [0.29, 0.717) is 0 Å².